The molecule has 0 radical (unpaired) electrons. The van der Waals surface area contributed by atoms with Gasteiger partial charge in [-0.3, -0.25) is 0 Å². The summed E-state index contributed by atoms with van der Waals surface area (Å²) in [6.07, 6.45) is -6.82. The van der Waals surface area contributed by atoms with Gasteiger partial charge in [0.25, 0.3) is 0 Å². The van der Waals surface area contributed by atoms with Gasteiger partial charge < -0.3 is 4.74 Å². The molecule has 0 saturated heterocycles. The van der Waals surface area contributed by atoms with Crippen LogP contribution in [0.4, 0.5) is 17.6 Å². The number of nitrogens with zero attached hydrogens (tertiary/aromatic N) is 1. The van der Waals surface area contributed by atoms with E-state index in [-0.39, 0.29) is 10.0 Å². The third-order valence-corrected chi connectivity index (χ3v) is 2.54. The summed E-state index contributed by atoms with van der Waals surface area (Å²) in [5.41, 5.74) is -0.290. The summed E-state index contributed by atoms with van der Waals surface area (Å²) in [4.78, 5) is 0. The first kappa shape index (κ1) is 13.8. The van der Waals surface area contributed by atoms with Gasteiger partial charge in [-0.25, -0.2) is 4.39 Å². The smallest absolute Gasteiger partial charge is 0.425 e. The number of nitriles is 1. The fourth-order valence-electron chi connectivity index (χ4n) is 0.979. The number of hydrogen-bond donors (Lipinski definition) is 0. The van der Waals surface area contributed by atoms with Gasteiger partial charge >= 0.3 is 6.18 Å². The molecule has 0 aliphatic heterocycles. The predicted molar refractivity (Wildman–Crippen MR) is 55.0 cm³/mol. The highest BCUT2D eigenvalue weighted by atomic mass is 79.9. The Morgan fingerprint density at radius 2 is 2.00 bits per heavy atom. The molecule has 0 amide bonds. The molecule has 0 N–H and O–H groups in total. The van der Waals surface area contributed by atoms with E-state index in [2.05, 4.69) is 20.7 Å². The summed E-state index contributed by atoms with van der Waals surface area (Å²) < 4.78 is 54.7. The molecule has 7 heteroatoms. The summed E-state index contributed by atoms with van der Waals surface area (Å²) in [5, 5.41) is 8.66. The first-order valence-corrected chi connectivity index (χ1v) is 5.18. The molecule has 1 rings (SSSR count). The number of rotatable bonds is 2. The summed E-state index contributed by atoms with van der Waals surface area (Å²) in [6, 6.07) is 3.96. The molecular formula is C10H6BrF4NO. The van der Waals surface area contributed by atoms with Crippen molar-refractivity contribution in [3.8, 4) is 11.8 Å². The monoisotopic (exact) mass is 311 g/mol. The normalized spacial score (nSPS) is 13.0. The van der Waals surface area contributed by atoms with E-state index in [0.717, 1.165) is 6.92 Å². The lowest BCUT2D eigenvalue weighted by Crippen LogP contribution is -2.31. The molecule has 0 spiro atoms. The highest BCUT2D eigenvalue weighted by Gasteiger charge is 2.39. The van der Waals surface area contributed by atoms with Crippen LogP contribution in [0.5, 0.6) is 5.75 Å². The van der Waals surface area contributed by atoms with Gasteiger partial charge in [-0.05, 0) is 35.0 Å². The number of ether oxygens (including phenoxy) is 1. The van der Waals surface area contributed by atoms with E-state index in [0.29, 0.717) is 0 Å². The molecule has 1 aromatic rings. The number of hydrogen-bond acceptors (Lipinski definition) is 2. The molecule has 0 aliphatic carbocycles. The van der Waals surface area contributed by atoms with Crippen LogP contribution >= 0.6 is 15.9 Å². The summed E-state index contributed by atoms with van der Waals surface area (Å²) in [7, 11) is 0. The minimum Gasteiger partial charge on any atom is -0.477 e. The fourth-order valence-corrected chi connectivity index (χ4v) is 1.29. The van der Waals surface area contributed by atoms with E-state index < -0.39 is 23.8 Å². The van der Waals surface area contributed by atoms with Crippen LogP contribution in [0.1, 0.15) is 12.5 Å². The molecule has 0 unspecified atom stereocenters. The van der Waals surface area contributed by atoms with Crippen molar-refractivity contribution < 1.29 is 22.3 Å². The fraction of sp³-hybridized carbons (Fsp3) is 0.300. The quantitative estimate of drug-likeness (QED) is 0.779. The van der Waals surface area contributed by atoms with E-state index in [1.54, 1.807) is 6.07 Å². The summed E-state index contributed by atoms with van der Waals surface area (Å²) in [6.45, 7) is 0.738. The van der Waals surface area contributed by atoms with Crippen LogP contribution in [-0.2, 0) is 0 Å². The van der Waals surface area contributed by atoms with Crippen molar-refractivity contribution in [2.24, 2.45) is 0 Å². The molecule has 17 heavy (non-hydrogen) atoms. The lowest BCUT2D eigenvalue weighted by molar-refractivity contribution is -0.189. The molecule has 0 saturated carbocycles. The molecule has 92 valence electrons. The SMILES string of the molecule is C[C@H](Oc1c(C#N)ccc(Br)c1F)C(F)(F)F. The van der Waals surface area contributed by atoms with Crippen molar-refractivity contribution in [2.75, 3.05) is 0 Å². The van der Waals surface area contributed by atoms with Gasteiger partial charge in [0, 0.05) is 0 Å². The topological polar surface area (TPSA) is 33.0 Å². The second-order valence-corrected chi connectivity index (χ2v) is 4.01. The zero-order valence-electron chi connectivity index (χ0n) is 8.48. The van der Waals surface area contributed by atoms with Crippen LogP contribution in [0, 0.1) is 17.1 Å². The maximum atomic E-state index is 13.5. The number of alkyl halides is 3. The molecule has 0 heterocycles. The van der Waals surface area contributed by atoms with Crippen LogP contribution in [0.2, 0.25) is 0 Å². The Morgan fingerprint density at radius 1 is 1.41 bits per heavy atom. The minimum atomic E-state index is -4.62. The Kier molecular flexibility index (Phi) is 3.98. The number of halogens is 5. The van der Waals surface area contributed by atoms with E-state index in [4.69, 9.17) is 5.26 Å². The van der Waals surface area contributed by atoms with Gasteiger partial charge in [0.05, 0.1) is 10.0 Å². The highest BCUT2D eigenvalue weighted by Crippen LogP contribution is 2.32. The maximum Gasteiger partial charge on any atom is 0.425 e. The van der Waals surface area contributed by atoms with Gasteiger partial charge in [-0.1, -0.05) is 0 Å². The highest BCUT2D eigenvalue weighted by molar-refractivity contribution is 9.10. The van der Waals surface area contributed by atoms with Gasteiger partial charge in [0.2, 0.25) is 0 Å². The van der Waals surface area contributed by atoms with Crippen molar-refractivity contribution in [1.82, 2.24) is 0 Å². The van der Waals surface area contributed by atoms with Gasteiger partial charge in [-0.2, -0.15) is 18.4 Å². The molecule has 0 aromatic heterocycles. The zero-order valence-corrected chi connectivity index (χ0v) is 10.1. The Bertz CT molecular complexity index is 467. The Morgan fingerprint density at radius 3 is 2.47 bits per heavy atom. The van der Waals surface area contributed by atoms with E-state index in [9.17, 15) is 17.6 Å². The molecule has 0 bridgehead atoms. The Balaban J connectivity index is 3.14. The van der Waals surface area contributed by atoms with Crippen LogP contribution in [0.15, 0.2) is 16.6 Å². The first-order valence-electron chi connectivity index (χ1n) is 4.39. The molecule has 0 fully saturated rings. The second kappa shape index (κ2) is 4.92. The number of benzene rings is 1. The van der Waals surface area contributed by atoms with Crippen molar-refractivity contribution in [2.45, 2.75) is 19.2 Å². The Hall–Kier alpha value is -1.29. The van der Waals surface area contributed by atoms with E-state index in [1.807, 2.05) is 0 Å². The first-order chi connectivity index (χ1) is 7.77. The Labute approximate surface area is 103 Å². The molecule has 0 aliphatic rings. The van der Waals surface area contributed by atoms with Crippen molar-refractivity contribution in [3.05, 3.63) is 28.0 Å². The maximum absolute atomic E-state index is 13.5. The van der Waals surface area contributed by atoms with Crippen LogP contribution in [0.25, 0.3) is 0 Å². The van der Waals surface area contributed by atoms with Gasteiger partial charge in [0.1, 0.15) is 6.07 Å². The average Bonchev–Trinajstić information content (AvgIpc) is 2.23. The third kappa shape index (κ3) is 3.09. The average molecular weight is 312 g/mol. The van der Waals surface area contributed by atoms with Gasteiger partial charge in [-0.15, -0.1) is 0 Å². The molecule has 2 nitrogen and oxygen atoms in total. The van der Waals surface area contributed by atoms with Crippen LogP contribution in [0.3, 0.4) is 0 Å². The van der Waals surface area contributed by atoms with E-state index >= 15 is 0 Å². The summed E-state index contributed by atoms with van der Waals surface area (Å²) in [5.74, 6) is -1.73. The molecule has 1 atom stereocenters. The lowest BCUT2D eigenvalue weighted by Gasteiger charge is -2.18. The van der Waals surface area contributed by atoms with Crippen molar-refractivity contribution >= 4 is 15.9 Å². The second-order valence-electron chi connectivity index (χ2n) is 3.15. The molecule has 1 aromatic carbocycles. The van der Waals surface area contributed by atoms with Crippen LogP contribution < -0.4 is 4.74 Å². The van der Waals surface area contributed by atoms with Gasteiger partial charge in [0.15, 0.2) is 17.7 Å². The molecular weight excluding hydrogens is 306 g/mol. The largest absolute Gasteiger partial charge is 0.477 e. The van der Waals surface area contributed by atoms with Crippen molar-refractivity contribution in [1.29, 1.82) is 5.26 Å². The predicted octanol–water partition coefficient (Wildman–Crippen LogP) is 3.79. The van der Waals surface area contributed by atoms with Crippen molar-refractivity contribution in [3.63, 3.8) is 0 Å². The van der Waals surface area contributed by atoms with E-state index in [1.165, 1.54) is 12.1 Å². The zero-order chi connectivity index (χ0) is 13.2. The minimum absolute atomic E-state index is 0.0686. The third-order valence-electron chi connectivity index (χ3n) is 1.93. The van der Waals surface area contributed by atoms with Crippen LogP contribution in [-0.4, -0.2) is 12.3 Å². The lowest BCUT2D eigenvalue weighted by atomic mass is 10.2. The summed E-state index contributed by atoms with van der Waals surface area (Å²) >= 11 is 2.80. The standard InChI is InChI=1S/C10H6BrF4NO/c1-5(10(13,14)15)17-9-6(4-16)2-3-7(11)8(9)12/h2-3,5H,1H3/t5-/m0/s1.